The Hall–Kier alpha value is -4.13. The molecule has 1 amide bonds. The van der Waals surface area contributed by atoms with E-state index < -0.39 is 5.82 Å². The number of para-hydroxylation sites is 1. The van der Waals surface area contributed by atoms with Crippen molar-refractivity contribution in [2.45, 2.75) is 18.9 Å². The van der Waals surface area contributed by atoms with Gasteiger partial charge in [0.1, 0.15) is 11.6 Å². The first-order valence-corrected chi connectivity index (χ1v) is 10.9. The molecular formula is C26H22FN5O. The summed E-state index contributed by atoms with van der Waals surface area (Å²) in [5.74, 6) is 0.540. The minimum Gasteiger partial charge on any atom is -0.340 e. The minimum atomic E-state index is -0.430. The number of anilines is 2. The smallest absolute Gasteiger partial charge is 0.254 e. The Bertz CT molecular complexity index is 1270. The van der Waals surface area contributed by atoms with E-state index in [0.29, 0.717) is 23.8 Å². The van der Waals surface area contributed by atoms with Crippen LogP contribution in [0.4, 0.5) is 15.9 Å². The van der Waals surface area contributed by atoms with E-state index in [0.717, 1.165) is 29.8 Å². The van der Waals surface area contributed by atoms with Gasteiger partial charge >= 0.3 is 0 Å². The molecule has 33 heavy (non-hydrogen) atoms. The summed E-state index contributed by atoms with van der Waals surface area (Å²) < 4.78 is 13.7. The van der Waals surface area contributed by atoms with Gasteiger partial charge in [-0.3, -0.25) is 9.78 Å². The van der Waals surface area contributed by atoms with E-state index in [4.69, 9.17) is 9.97 Å². The topological polar surface area (TPSA) is 71.0 Å². The highest BCUT2D eigenvalue weighted by Crippen LogP contribution is 2.33. The molecule has 4 aromatic rings. The van der Waals surface area contributed by atoms with Crippen molar-refractivity contribution >= 4 is 17.4 Å². The zero-order valence-corrected chi connectivity index (χ0v) is 17.9. The van der Waals surface area contributed by atoms with Gasteiger partial charge in [-0.05, 0) is 55.3 Å². The summed E-state index contributed by atoms with van der Waals surface area (Å²) >= 11 is 0. The van der Waals surface area contributed by atoms with Gasteiger partial charge < -0.3 is 10.2 Å². The lowest BCUT2D eigenvalue weighted by Crippen LogP contribution is -2.31. The molecule has 5 rings (SSSR count). The Morgan fingerprint density at radius 2 is 1.88 bits per heavy atom. The summed E-state index contributed by atoms with van der Waals surface area (Å²) in [5, 5.41) is 3.34. The Morgan fingerprint density at radius 3 is 2.67 bits per heavy atom. The molecule has 6 nitrogen and oxygen atoms in total. The second-order valence-electron chi connectivity index (χ2n) is 7.90. The lowest BCUT2D eigenvalue weighted by Gasteiger charge is -2.24. The third-order valence-corrected chi connectivity index (χ3v) is 5.63. The van der Waals surface area contributed by atoms with Crippen molar-refractivity contribution in [2.75, 3.05) is 11.9 Å². The Labute approximate surface area is 191 Å². The number of aromatic nitrogens is 3. The van der Waals surface area contributed by atoms with Crippen molar-refractivity contribution < 1.29 is 9.18 Å². The highest BCUT2D eigenvalue weighted by molar-refractivity contribution is 5.94. The van der Waals surface area contributed by atoms with Gasteiger partial charge in [0.15, 0.2) is 5.82 Å². The average Bonchev–Trinajstić information content (AvgIpc) is 3.35. The Balaban J connectivity index is 1.53. The molecule has 1 unspecified atom stereocenters. The maximum Gasteiger partial charge on any atom is 0.254 e. The normalized spacial score (nSPS) is 15.4. The number of nitrogens with one attached hydrogen (secondary N) is 1. The largest absolute Gasteiger partial charge is 0.340 e. The molecule has 164 valence electrons. The van der Waals surface area contributed by atoms with Crippen LogP contribution < -0.4 is 5.32 Å². The molecule has 0 aliphatic carbocycles. The molecule has 1 aliphatic rings. The van der Waals surface area contributed by atoms with Crippen molar-refractivity contribution in [3.05, 3.63) is 102 Å². The summed E-state index contributed by atoms with van der Waals surface area (Å²) in [5.41, 5.74) is 2.81. The summed E-state index contributed by atoms with van der Waals surface area (Å²) in [6, 6.07) is 20.9. The third-order valence-electron chi connectivity index (χ3n) is 5.63. The van der Waals surface area contributed by atoms with E-state index in [1.54, 1.807) is 29.4 Å². The fraction of sp³-hybridized carbons (Fsp3) is 0.154. The van der Waals surface area contributed by atoms with Crippen LogP contribution >= 0.6 is 0 Å². The first kappa shape index (κ1) is 20.8. The molecule has 1 atom stereocenters. The summed E-state index contributed by atoms with van der Waals surface area (Å²) in [7, 11) is 0. The van der Waals surface area contributed by atoms with Gasteiger partial charge in [-0.1, -0.05) is 24.3 Å². The first-order valence-electron chi connectivity index (χ1n) is 10.9. The van der Waals surface area contributed by atoms with Crippen LogP contribution in [-0.4, -0.2) is 32.3 Å². The van der Waals surface area contributed by atoms with Crippen LogP contribution in [0.5, 0.6) is 0 Å². The van der Waals surface area contributed by atoms with Crippen molar-refractivity contribution in [1.29, 1.82) is 0 Å². The SMILES string of the molecule is O=C(c1cccc(F)c1)N1CCCC1c1nc(Nc2ccccc2)cc(-c2cccnc2)n1. The van der Waals surface area contributed by atoms with Crippen LogP contribution in [-0.2, 0) is 0 Å². The standard InChI is InChI=1S/C26H22FN5O/c27-20-9-4-7-18(15-20)26(33)32-14-6-12-23(32)25-30-22(19-8-5-13-28-17-19)16-24(31-25)29-21-10-2-1-3-11-21/h1-5,7-11,13,15-17,23H,6,12,14H2,(H,29,30,31). The molecule has 1 fully saturated rings. The Kier molecular flexibility index (Phi) is 5.76. The van der Waals surface area contributed by atoms with Crippen molar-refractivity contribution in [3.8, 4) is 11.3 Å². The highest BCUT2D eigenvalue weighted by atomic mass is 19.1. The van der Waals surface area contributed by atoms with Crippen molar-refractivity contribution in [2.24, 2.45) is 0 Å². The van der Waals surface area contributed by atoms with Gasteiger partial charge in [0.05, 0.1) is 11.7 Å². The lowest BCUT2D eigenvalue weighted by molar-refractivity contribution is 0.0729. The average molecular weight is 439 g/mol. The summed E-state index contributed by atoms with van der Waals surface area (Å²) in [6.07, 6.45) is 5.03. The van der Waals surface area contributed by atoms with Gasteiger partial charge in [0.25, 0.3) is 5.91 Å². The van der Waals surface area contributed by atoms with Crippen LogP contribution in [0.3, 0.4) is 0 Å². The van der Waals surface area contributed by atoms with E-state index in [9.17, 15) is 9.18 Å². The monoisotopic (exact) mass is 439 g/mol. The quantitative estimate of drug-likeness (QED) is 0.451. The minimum absolute atomic E-state index is 0.218. The number of hydrogen-bond acceptors (Lipinski definition) is 5. The van der Waals surface area contributed by atoms with Crippen molar-refractivity contribution in [3.63, 3.8) is 0 Å². The van der Waals surface area contributed by atoms with E-state index >= 15 is 0 Å². The first-order chi connectivity index (χ1) is 16.2. The fourth-order valence-corrected chi connectivity index (χ4v) is 4.08. The molecule has 0 radical (unpaired) electrons. The number of hydrogen-bond donors (Lipinski definition) is 1. The predicted molar refractivity (Wildman–Crippen MR) is 124 cm³/mol. The van der Waals surface area contributed by atoms with Crippen LogP contribution in [0, 0.1) is 5.82 Å². The van der Waals surface area contributed by atoms with Crippen LogP contribution in [0.1, 0.15) is 35.1 Å². The second kappa shape index (κ2) is 9.16. The number of nitrogens with zero attached hydrogens (tertiary/aromatic N) is 4. The van der Waals surface area contributed by atoms with Gasteiger partial charge in [0.2, 0.25) is 0 Å². The molecular weight excluding hydrogens is 417 g/mol. The molecule has 2 aromatic carbocycles. The van der Waals surface area contributed by atoms with E-state index in [-0.39, 0.29) is 11.9 Å². The van der Waals surface area contributed by atoms with E-state index in [1.807, 2.05) is 48.5 Å². The number of carbonyl (C=O) groups is 1. The van der Waals surface area contributed by atoms with Gasteiger partial charge in [0, 0.05) is 41.8 Å². The molecule has 1 saturated heterocycles. The summed E-state index contributed by atoms with van der Waals surface area (Å²) in [6.45, 7) is 0.571. The highest BCUT2D eigenvalue weighted by Gasteiger charge is 2.33. The number of rotatable bonds is 5. The number of amides is 1. The zero-order chi connectivity index (χ0) is 22.6. The Morgan fingerprint density at radius 1 is 1.00 bits per heavy atom. The van der Waals surface area contributed by atoms with Crippen LogP contribution in [0.2, 0.25) is 0 Å². The zero-order valence-electron chi connectivity index (χ0n) is 17.9. The molecule has 2 aromatic heterocycles. The van der Waals surface area contributed by atoms with E-state index in [1.165, 1.54) is 12.1 Å². The predicted octanol–water partition coefficient (Wildman–Crippen LogP) is 5.40. The van der Waals surface area contributed by atoms with Crippen LogP contribution in [0.15, 0.2) is 85.2 Å². The van der Waals surface area contributed by atoms with E-state index in [2.05, 4.69) is 10.3 Å². The molecule has 3 heterocycles. The van der Waals surface area contributed by atoms with Gasteiger partial charge in [-0.25, -0.2) is 14.4 Å². The van der Waals surface area contributed by atoms with Crippen LogP contribution in [0.25, 0.3) is 11.3 Å². The second-order valence-corrected chi connectivity index (χ2v) is 7.90. The molecule has 0 bridgehead atoms. The summed E-state index contributed by atoms with van der Waals surface area (Å²) in [4.78, 5) is 28.7. The molecule has 0 saturated carbocycles. The number of pyridine rings is 1. The van der Waals surface area contributed by atoms with Crippen molar-refractivity contribution in [1.82, 2.24) is 19.9 Å². The number of likely N-dealkylation sites (tertiary alicyclic amines) is 1. The number of carbonyl (C=O) groups excluding carboxylic acids is 1. The van der Waals surface area contributed by atoms with Gasteiger partial charge in [-0.15, -0.1) is 0 Å². The van der Waals surface area contributed by atoms with Gasteiger partial charge in [-0.2, -0.15) is 0 Å². The molecule has 1 N–H and O–H groups in total. The third kappa shape index (κ3) is 4.57. The molecule has 0 spiro atoms. The number of halogens is 1. The maximum absolute atomic E-state index is 13.7. The molecule has 1 aliphatic heterocycles. The maximum atomic E-state index is 13.7. The number of benzene rings is 2. The molecule has 7 heteroatoms. The fourth-order valence-electron chi connectivity index (χ4n) is 4.08. The lowest BCUT2D eigenvalue weighted by atomic mass is 10.1.